The monoisotopic (exact) mass is 440 g/mol. The van der Waals surface area contributed by atoms with Crippen LogP contribution in [0.1, 0.15) is 26.3 Å². The Morgan fingerprint density at radius 1 is 0.800 bits per heavy atom. The van der Waals surface area contributed by atoms with E-state index in [1.807, 2.05) is 0 Å². The quantitative estimate of drug-likeness (QED) is 0.306. The van der Waals surface area contributed by atoms with Crippen molar-refractivity contribution in [1.29, 1.82) is 0 Å². The molecule has 0 saturated carbocycles. The molecular weight excluding hydrogens is 431 g/mol. The zero-order valence-electron chi connectivity index (χ0n) is 14.8. The summed E-state index contributed by atoms with van der Waals surface area (Å²) in [6.45, 7) is 0. The van der Waals surface area contributed by atoms with Gasteiger partial charge in [-0.2, -0.15) is 13.2 Å². The lowest BCUT2D eigenvalue weighted by atomic mass is 10.1. The van der Waals surface area contributed by atoms with Gasteiger partial charge in [0.15, 0.2) is 0 Å². The molecule has 3 rings (SSSR count). The average molecular weight is 441 g/mol. The molecule has 4 nitrogen and oxygen atoms in total. The van der Waals surface area contributed by atoms with Crippen LogP contribution in [0.25, 0.3) is 0 Å². The molecule has 1 heterocycles. The Labute approximate surface area is 171 Å². The maximum absolute atomic E-state index is 13.2. The summed E-state index contributed by atoms with van der Waals surface area (Å²) in [4.78, 5) is 29.9. The zero-order valence-corrected chi connectivity index (χ0v) is 15.5. The van der Waals surface area contributed by atoms with Crippen LogP contribution in [0.3, 0.4) is 0 Å². The molecular formula is C20H10ClF5N2O2. The predicted molar refractivity (Wildman–Crippen MR) is 98.2 cm³/mol. The fourth-order valence-electron chi connectivity index (χ4n) is 2.50. The van der Waals surface area contributed by atoms with Gasteiger partial charge >= 0.3 is 6.18 Å². The molecule has 0 aliphatic carbocycles. The number of benzene rings is 2. The number of aromatic nitrogens is 1. The Morgan fingerprint density at radius 2 is 1.23 bits per heavy atom. The fourth-order valence-corrected chi connectivity index (χ4v) is 2.71. The molecule has 2 aromatic carbocycles. The molecule has 0 aliphatic heterocycles. The van der Waals surface area contributed by atoms with Gasteiger partial charge in [0, 0.05) is 11.1 Å². The number of alkyl halides is 3. The van der Waals surface area contributed by atoms with Gasteiger partial charge in [-0.15, -0.1) is 0 Å². The second-order valence-electron chi connectivity index (χ2n) is 5.99. The lowest BCUT2D eigenvalue weighted by Gasteiger charge is -2.21. The zero-order chi connectivity index (χ0) is 22.1. The summed E-state index contributed by atoms with van der Waals surface area (Å²) in [6, 6.07) is 9.01. The van der Waals surface area contributed by atoms with Crippen LogP contribution in [0.15, 0.2) is 60.7 Å². The van der Waals surface area contributed by atoms with Gasteiger partial charge in [-0.05, 0) is 60.7 Å². The predicted octanol–water partition coefficient (Wildman–Crippen LogP) is 5.52. The summed E-state index contributed by atoms with van der Waals surface area (Å²) in [5.41, 5.74) is -1.62. The maximum atomic E-state index is 13.2. The van der Waals surface area contributed by atoms with Gasteiger partial charge in [-0.1, -0.05) is 11.6 Å². The number of nitrogens with zero attached hydrogens (tertiary/aromatic N) is 2. The van der Waals surface area contributed by atoms with Crippen LogP contribution < -0.4 is 4.90 Å². The highest BCUT2D eigenvalue weighted by Gasteiger charge is 2.34. The third-order valence-corrected chi connectivity index (χ3v) is 4.12. The Bertz CT molecular complexity index is 1040. The smallest absolute Gasteiger partial charge is 0.268 e. The number of imide groups is 1. The van der Waals surface area contributed by atoms with E-state index in [1.54, 1.807) is 0 Å². The van der Waals surface area contributed by atoms with Crippen molar-refractivity contribution in [2.24, 2.45) is 0 Å². The van der Waals surface area contributed by atoms with E-state index in [9.17, 15) is 31.5 Å². The fraction of sp³-hybridized carbons (Fsp3) is 0.0500. The molecule has 0 bridgehead atoms. The molecule has 0 atom stereocenters. The van der Waals surface area contributed by atoms with Gasteiger partial charge in [-0.25, -0.2) is 18.7 Å². The van der Waals surface area contributed by atoms with Crippen LogP contribution in [0.5, 0.6) is 0 Å². The number of halogens is 6. The molecule has 2 amide bonds. The molecule has 10 heteroatoms. The first-order valence-corrected chi connectivity index (χ1v) is 8.59. The number of pyridine rings is 1. The summed E-state index contributed by atoms with van der Waals surface area (Å²) in [5, 5.41) is -0.608. The minimum Gasteiger partial charge on any atom is -0.268 e. The van der Waals surface area contributed by atoms with Crippen LogP contribution in [0, 0.1) is 11.6 Å². The Balaban J connectivity index is 2.15. The van der Waals surface area contributed by atoms with E-state index in [1.165, 1.54) is 0 Å². The first kappa shape index (κ1) is 21.4. The Hall–Kier alpha value is -3.33. The summed E-state index contributed by atoms with van der Waals surface area (Å²) >= 11 is 5.68. The summed E-state index contributed by atoms with van der Waals surface area (Å²) in [6.07, 6.45) is -4.83. The van der Waals surface area contributed by atoms with Gasteiger partial charge in [0.1, 0.15) is 22.6 Å². The van der Waals surface area contributed by atoms with Crippen molar-refractivity contribution in [3.05, 3.63) is 94.1 Å². The van der Waals surface area contributed by atoms with Crippen molar-refractivity contribution in [2.75, 3.05) is 4.90 Å². The molecule has 154 valence electrons. The minimum absolute atomic E-state index is 0.192. The van der Waals surface area contributed by atoms with Gasteiger partial charge in [0.05, 0.1) is 5.56 Å². The highest BCUT2D eigenvalue weighted by atomic mass is 35.5. The molecule has 0 aliphatic rings. The number of anilines is 1. The number of carbonyl (C=O) groups excluding carboxylic acids is 2. The summed E-state index contributed by atoms with van der Waals surface area (Å²) < 4.78 is 66.0. The van der Waals surface area contributed by atoms with Crippen molar-refractivity contribution in [3.63, 3.8) is 0 Å². The molecule has 0 unspecified atom stereocenters. The van der Waals surface area contributed by atoms with Gasteiger partial charge in [-0.3, -0.25) is 9.59 Å². The third kappa shape index (κ3) is 4.62. The topological polar surface area (TPSA) is 50.3 Å². The highest BCUT2D eigenvalue weighted by molar-refractivity contribution is 6.30. The standard InChI is InChI=1S/C20H10ClF5N2O2/c21-16-9-13(20(24,25)26)10-17(27-16)28(18(29)11-1-5-14(22)6-2-11)19(30)12-3-7-15(23)8-4-12/h1-10H. The average Bonchev–Trinajstić information content (AvgIpc) is 2.68. The van der Waals surface area contributed by atoms with Crippen LogP contribution >= 0.6 is 11.6 Å². The van der Waals surface area contributed by atoms with E-state index in [-0.39, 0.29) is 11.1 Å². The number of hydrogen-bond acceptors (Lipinski definition) is 3. The molecule has 0 fully saturated rings. The Kier molecular flexibility index (Phi) is 5.84. The van der Waals surface area contributed by atoms with Crippen molar-refractivity contribution < 1.29 is 31.5 Å². The lowest BCUT2D eigenvalue weighted by molar-refractivity contribution is -0.137. The largest absolute Gasteiger partial charge is 0.416 e. The van der Waals surface area contributed by atoms with Crippen LogP contribution in [0.2, 0.25) is 5.15 Å². The lowest BCUT2D eigenvalue weighted by Crippen LogP contribution is -2.38. The van der Waals surface area contributed by atoms with E-state index in [0.29, 0.717) is 17.0 Å². The number of carbonyl (C=O) groups is 2. The van der Waals surface area contributed by atoms with E-state index >= 15 is 0 Å². The van der Waals surface area contributed by atoms with Gasteiger partial charge in [0.2, 0.25) is 0 Å². The normalized spacial score (nSPS) is 11.3. The van der Waals surface area contributed by atoms with Crippen LogP contribution in [-0.4, -0.2) is 16.8 Å². The van der Waals surface area contributed by atoms with E-state index in [0.717, 1.165) is 48.5 Å². The van der Waals surface area contributed by atoms with Gasteiger partial charge in [0.25, 0.3) is 11.8 Å². The van der Waals surface area contributed by atoms with Crippen molar-refractivity contribution >= 4 is 29.2 Å². The van der Waals surface area contributed by atoms with E-state index in [2.05, 4.69) is 4.98 Å². The van der Waals surface area contributed by atoms with Gasteiger partial charge < -0.3 is 0 Å². The molecule has 0 saturated heterocycles. The molecule has 3 aromatic rings. The number of amides is 2. The number of rotatable bonds is 3. The first-order valence-electron chi connectivity index (χ1n) is 8.21. The molecule has 1 aromatic heterocycles. The highest BCUT2D eigenvalue weighted by Crippen LogP contribution is 2.33. The molecule has 0 N–H and O–H groups in total. The van der Waals surface area contributed by atoms with Crippen LogP contribution in [0.4, 0.5) is 27.8 Å². The second-order valence-corrected chi connectivity index (χ2v) is 6.38. The Morgan fingerprint density at radius 3 is 1.63 bits per heavy atom. The van der Waals surface area contributed by atoms with Crippen molar-refractivity contribution in [1.82, 2.24) is 4.98 Å². The molecule has 30 heavy (non-hydrogen) atoms. The van der Waals surface area contributed by atoms with Crippen LogP contribution in [-0.2, 0) is 6.18 Å². The van der Waals surface area contributed by atoms with Crippen molar-refractivity contribution in [3.8, 4) is 0 Å². The number of hydrogen-bond donors (Lipinski definition) is 0. The molecule has 0 spiro atoms. The van der Waals surface area contributed by atoms with Crippen molar-refractivity contribution in [2.45, 2.75) is 6.18 Å². The van der Waals surface area contributed by atoms with E-state index < -0.39 is 46.2 Å². The molecule has 0 radical (unpaired) electrons. The minimum atomic E-state index is -4.83. The maximum Gasteiger partial charge on any atom is 0.416 e. The summed E-state index contributed by atoms with van der Waals surface area (Å²) in [7, 11) is 0. The summed E-state index contributed by atoms with van der Waals surface area (Å²) in [5.74, 6) is -4.18. The third-order valence-electron chi connectivity index (χ3n) is 3.93. The second kappa shape index (κ2) is 8.19. The van der Waals surface area contributed by atoms with E-state index in [4.69, 9.17) is 11.6 Å². The first-order chi connectivity index (χ1) is 14.1. The SMILES string of the molecule is O=C(c1ccc(F)cc1)N(C(=O)c1ccc(F)cc1)c1cc(C(F)(F)F)cc(Cl)n1.